The summed E-state index contributed by atoms with van der Waals surface area (Å²) in [5.41, 5.74) is 3.87. The molecule has 0 fully saturated rings. The van der Waals surface area contributed by atoms with Crippen LogP contribution in [-0.2, 0) is 0 Å². The number of ketones is 1. The van der Waals surface area contributed by atoms with Crippen LogP contribution >= 0.6 is 15.9 Å². The van der Waals surface area contributed by atoms with E-state index in [-0.39, 0.29) is 5.78 Å². The van der Waals surface area contributed by atoms with Crippen LogP contribution in [0.25, 0.3) is 0 Å². The molecule has 0 aliphatic carbocycles. The van der Waals surface area contributed by atoms with Crippen LogP contribution in [0.5, 0.6) is 0 Å². The molecule has 1 rings (SSSR count). The van der Waals surface area contributed by atoms with Gasteiger partial charge in [-0.25, -0.2) is 0 Å². The van der Waals surface area contributed by atoms with Crippen molar-refractivity contribution in [3.05, 3.63) is 45.4 Å². The van der Waals surface area contributed by atoms with Crippen molar-refractivity contribution in [1.29, 1.82) is 0 Å². The summed E-state index contributed by atoms with van der Waals surface area (Å²) in [6, 6.07) is 3.84. The maximum absolute atomic E-state index is 11.8. The van der Waals surface area contributed by atoms with Crippen LogP contribution in [0, 0.1) is 13.8 Å². The van der Waals surface area contributed by atoms with Gasteiger partial charge in [0.1, 0.15) is 0 Å². The molecule has 1 aromatic carbocycles. The van der Waals surface area contributed by atoms with Crippen molar-refractivity contribution in [2.75, 3.05) is 0 Å². The van der Waals surface area contributed by atoms with Gasteiger partial charge in [-0.1, -0.05) is 28.1 Å². The molecule has 0 bridgehead atoms. The van der Waals surface area contributed by atoms with Crippen LogP contribution in [-0.4, -0.2) is 5.78 Å². The van der Waals surface area contributed by atoms with Crippen LogP contribution in [0.1, 0.15) is 34.8 Å². The summed E-state index contributed by atoms with van der Waals surface area (Å²) in [5.74, 6) is 0.140. The number of aryl methyl sites for hydroxylation is 2. The Morgan fingerprint density at radius 3 is 2.20 bits per heavy atom. The maximum Gasteiger partial charge on any atom is 0.166 e. The number of hydrogen-bond donors (Lipinski definition) is 0. The van der Waals surface area contributed by atoms with Gasteiger partial charge in [-0.05, 0) is 44.0 Å². The van der Waals surface area contributed by atoms with E-state index in [1.54, 1.807) is 0 Å². The first-order chi connectivity index (χ1) is 6.91. The molecule has 0 amide bonds. The van der Waals surface area contributed by atoms with E-state index in [9.17, 15) is 4.79 Å². The maximum atomic E-state index is 11.8. The lowest BCUT2D eigenvalue weighted by molar-refractivity contribution is 0.0993. The summed E-state index contributed by atoms with van der Waals surface area (Å²) in [5, 5.41) is 0. The van der Waals surface area contributed by atoms with Crippen LogP contribution in [0.2, 0.25) is 0 Å². The minimum absolute atomic E-state index is 0.140. The van der Waals surface area contributed by atoms with Crippen LogP contribution < -0.4 is 0 Å². The van der Waals surface area contributed by atoms with E-state index in [1.807, 2.05) is 32.9 Å². The standard InChI is InChI=1S/C13H15BrO/c1-8(2)5-12(15)11-6-9(3)13(14)10(4)7-11/h6-7H,1,5H2,2-4H3. The highest BCUT2D eigenvalue weighted by Gasteiger charge is 2.09. The molecule has 0 N–H and O–H groups in total. The van der Waals surface area contributed by atoms with Crippen molar-refractivity contribution in [2.45, 2.75) is 27.2 Å². The number of halogens is 1. The molecule has 0 heterocycles. The first-order valence-corrected chi connectivity index (χ1v) is 5.65. The molecule has 15 heavy (non-hydrogen) atoms. The zero-order chi connectivity index (χ0) is 11.6. The molecular weight excluding hydrogens is 252 g/mol. The minimum Gasteiger partial charge on any atom is -0.294 e. The third kappa shape index (κ3) is 3.03. The van der Waals surface area contributed by atoms with Gasteiger partial charge >= 0.3 is 0 Å². The number of carbonyl (C=O) groups is 1. The molecular formula is C13H15BrO. The van der Waals surface area contributed by atoms with Gasteiger partial charge in [0, 0.05) is 16.5 Å². The Balaban J connectivity index is 3.06. The fraction of sp³-hybridized carbons (Fsp3) is 0.308. The lowest BCUT2D eigenvalue weighted by Gasteiger charge is -2.07. The number of rotatable bonds is 3. The first-order valence-electron chi connectivity index (χ1n) is 4.86. The smallest absolute Gasteiger partial charge is 0.166 e. The lowest BCUT2D eigenvalue weighted by Crippen LogP contribution is -2.01. The molecule has 0 aliphatic heterocycles. The van der Waals surface area contributed by atoms with E-state index >= 15 is 0 Å². The Labute approximate surface area is 99.3 Å². The number of benzene rings is 1. The van der Waals surface area contributed by atoms with Crippen molar-refractivity contribution in [1.82, 2.24) is 0 Å². The van der Waals surface area contributed by atoms with Crippen molar-refractivity contribution in [3.63, 3.8) is 0 Å². The van der Waals surface area contributed by atoms with Gasteiger partial charge in [-0.3, -0.25) is 4.79 Å². The summed E-state index contributed by atoms with van der Waals surface area (Å²) in [6.07, 6.45) is 0.431. The van der Waals surface area contributed by atoms with Gasteiger partial charge in [0.05, 0.1) is 0 Å². The highest BCUT2D eigenvalue weighted by Crippen LogP contribution is 2.23. The van der Waals surface area contributed by atoms with E-state index in [2.05, 4.69) is 22.5 Å². The van der Waals surface area contributed by atoms with Crippen LogP contribution in [0.4, 0.5) is 0 Å². The monoisotopic (exact) mass is 266 g/mol. The minimum atomic E-state index is 0.140. The number of carbonyl (C=O) groups excluding carboxylic acids is 1. The van der Waals surface area contributed by atoms with Crippen molar-refractivity contribution in [3.8, 4) is 0 Å². The number of allylic oxidation sites excluding steroid dienone is 1. The topological polar surface area (TPSA) is 17.1 Å². The Morgan fingerprint density at radius 2 is 1.80 bits per heavy atom. The second-order valence-electron chi connectivity index (χ2n) is 3.98. The summed E-state index contributed by atoms with van der Waals surface area (Å²) < 4.78 is 1.08. The molecule has 1 nitrogen and oxygen atoms in total. The number of Topliss-reactive ketones (excluding diaryl/α,β-unsaturated/α-hetero) is 1. The molecule has 0 unspecified atom stereocenters. The SMILES string of the molecule is C=C(C)CC(=O)c1cc(C)c(Br)c(C)c1. The second kappa shape index (κ2) is 4.75. The van der Waals surface area contributed by atoms with Crippen LogP contribution in [0.3, 0.4) is 0 Å². The molecule has 0 saturated heterocycles. The summed E-state index contributed by atoms with van der Waals surface area (Å²) in [6.45, 7) is 9.61. The van der Waals surface area contributed by atoms with E-state index in [0.29, 0.717) is 6.42 Å². The molecule has 0 aromatic heterocycles. The lowest BCUT2D eigenvalue weighted by atomic mass is 10.0. The average molecular weight is 267 g/mol. The third-order valence-corrected chi connectivity index (χ3v) is 3.47. The molecule has 0 aliphatic rings. The fourth-order valence-electron chi connectivity index (χ4n) is 1.48. The van der Waals surface area contributed by atoms with Gasteiger partial charge < -0.3 is 0 Å². The predicted molar refractivity (Wildman–Crippen MR) is 67.4 cm³/mol. The highest BCUT2D eigenvalue weighted by molar-refractivity contribution is 9.10. The Kier molecular flexibility index (Phi) is 3.86. The molecule has 0 spiro atoms. The van der Waals surface area contributed by atoms with Crippen molar-refractivity contribution in [2.24, 2.45) is 0 Å². The predicted octanol–water partition coefficient (Wildman–Crippen LogP) is 4.21. The summed E-state index contributed by atoms with van der Waals surface area (Å²) in [4.78, 5) is 11.8. The quantitative estimate of drug-likeness (QED) is 0.592. The molecule has 0 radical (unpaired) electrons. The first kappa shape index (κ1) is 12.2. The Morgan fingerprint density at radius 1 is 1.33 bits per heavy atom. The molecule has 80 valence electrons. The van der Waals surface area contributed by atoms with Gasteiger partial charge in [0.2, 0.25) is 0 Å². The average Bonchev–Trinajstić information content (AvgIpc) is 2.12. The summed E-state index contributed by atoms with van der Waals surface area (Å²) in [7, 11) is 0. The van der Waals surface area contributed by atoms with Gasteiger partial charge in [-0.15, -0.1) is 0 Å². The zero-order valence-corrected chi connectivity index (χ0v) is 10.9. The van der Waals surface area contributed by atoms with Gasteiger partial charge in [0.15, 0.2) is 5.78 Å². The van der Waals surface area contributed by atoms with E-state index in [0.717, 1.165) is 26.7 Å². The van der Waals surface area contributed by atoms with Crippen molar-refractivity contribution >= 4 is 21.7 Å². The van der Waals surface area contributed by atoms with Crippen molar-refractivity contribution < 1.29 is 4.79 Å². The van der Waals surface area contributed by atoms with Gasteiger partial charge in [-0.2, -0.15) is 0 Å². The van der Waals surface area contributed by atoms with E-state index < -0.39 is 0 Å². The van der Waals surface area contributed by atoms with E-state index in [4.69, 9.17) is 0 Å². The fourth-order valence-corrected chi connectivity index (χ4v) is 1.71. The Hall–Kier alpha value is -0.890. The highest BCUT2D eigenvalue weighted by atomic mass is 79.9. The molecule has 2 heteroatoms. The van der Waals surface area contributed by atoms with Gasteiger partial charge in [0.25, 0.3) is 0 Å². The number of hydrogen-bond acceptors (Lipinski definition) is 1. The second-order valence-corrected chi connectivity index (χ2v) is 4.77. The molecule has 1 aromatic rings. The molecule has 0 atom stereocenters. The third-order valence-electron chi connectivity index (χ3n) is 2.22. The molecule has 0 saturated carbocycles. The Bertz CT molecular complexity index is 396. The summed E-state index contributed by atoms with van der Waals surface area (Å²) >= 11 is 3.48. The normalized spacial score (nSPS) is 10.1. The van der Waals surface area contributed by atoms with E-state index in [1.165, 1.54) is 0 Å². The van der Waals surface area contributed by atoms with Crippen LogP contribution in [0.15, 0.2) is 28.8 Å². The zero-order valence-electron chi connectivity index (χ0n) is 9.36. The largest absolute Gasteiger partial charge is 0.294 e.